The molecular formula is C25H28N4O5S. The number of ether oxygens (including phenoxy) is 2. The molecule has 1 amide bonds. The number of carbonyl (C=O) groups excluding carboxylic acids is 1. The molecule has 1 N–H and O–H groups in total. The van der Waals surface area contributed by atoms with Gasteiger partial charge in [0.15, 0.2) is 21.3 Å². The molecule has 2 aliphatic rings. The molecule has 9 nitrogen and oxygen atoms in total. The van der Waals surface area contributed by atoms with Crippen molar-refractivity contribution < 1.29 is 22.7 Å². The minimum atomic E-state index is -3.36. The van der Waals surface area contributed by atoms with Crippen LogP contribution in [0.3, 0.4) is 0 Å². The van der Waals surface area contributed by atoms with Gasteiger partial charge in [-0.1, -0.05) is 12.1 Å². The number of para-hydroxylation sites is 2. The average Bonchev–Trinajstić information content (AvgIpc) is 3.33. The van der Waals surface area contributed by atoms with Crippen molar-refractivity contribution in [3.8, 4) is 11.5 Å². The van der Waals surface area contributed by atoms with Crippen molar-refractivity contribution in [2.45, 2.75) is 43.2 Å². The molecule has 35 heavy (non-hydrogen) atoms. The molecule has 1 saturated heterocycles. The lowest BCUT2D eigenvalue weighted by Crippen LogP contribution is -2.45. The third-order valence-corrected chi connectivity index (χ3v) is 7.53. The van der Waals surface area contributed by atoms with Crippen LogP contribution in [-0.2, 0) is 14.6 Å². The summed E-state index contributed by atoms with van der Waals surface area (Å²) < 4.78 is 35.7. The van der Waals surface area contributed by atoms with E-state index in [2.05, 4.69) is 15.3 Å². The standard InChI is InChI=1S/C25H28N4O5S/c1-16-19-10-9-18(35(2,31)32)14-20(19)28-25(27-16)29-13-5-6-21(29)24(30)26-12-11-17-15-33-22-7-3-4-8-23(22)34-17/h3-4,7-10,14,17,21H,5-6,11-13,15H2,1-2H3,(H,26,30). The van der Waals surface area contributed by atoms with Gasteiger partial charge in [0.25, 0.3) is 0 Å². The number of amides is 1. The number of anilines is 1. The highest BCUT2D eigenvalue weighted by molar-refractivity contribution is 7.90. The van der Waals surface area contributed by atoms with Crippen molar-refractivity contribution in [2.75, 3.05) is 30.9 Å². The van der Waals surface area contributed by atoms with Gasteiger partial charge in [0.2, 0.25) is 11.9 Å². The molecule has 0 aliphatic carbocycles. The molecule has 0 bridgehead atoms. The van der Waals surface area contributed by atoms with E-state index < -0.39 is 9.84 Å². The fraction of sp³-hybridized carbons (Fsp3) is 0.400. The van der Waals surface area contributed by atoms with Gasteiger partial charge in [-0.05, 0) is 50.1 Å². The number of benzene rings is 2. The summed E-state index contributed by atoms with van der Waals surface area (Å²) in [6.45, 7) is 3.44. The molecule has 10 heteroatoms. The highest BCUT2D eigenvalue weighted by Crippen LogP contribution is 2.31. The summed E-state index contributed by atoms with van der Waals surface area (Å²) in [7, 11) is -3.36. The second-order valence-corrected chi connectivity index (χ2v) is 11.0. The van der Waals surface area contributed by atoms with Gasteiger partial charge in [0.1, 0.15) is 18.8 Å². The molecular weight excluding hydrogens is 468 g/mol. The van der Waals surface area contributed by atoms with Crippen molar-refractivity contribution in [3.05, 3.63) is 48.2 Å². The van der Waals surface area contributed by atoms with Crippen LogP contribution in [0, 0.1) is 6.92 Å². The van der Waals surface area contributed by atoms with Crippen LogP contribution in [0.1, 0.15) is 25.0 Å². The van der Waals surface area contributed by atoms with Crippen LogP contribution in [-0.4, -0.2) is 62.4 Å². The van der Waals surface area contributed by atoms with Gasteiger partial charge in [-0.25, -0.2) is 18.4 Å². The highest BCUT2D eigenvalue weighted by Gasteiger charge is 2.33. The number of sulfone groups is 1. The SMILES string of the molecule is Cc1nc(N2CCCC2C(=O)NCCC2COc3ccccc3O2)nc2cc(S(C)(=O)=O)ccc12. The summed E-state index contributed by atoms with van der Waals surface area (Å²) in [6.07, 6.45) is 3.23. The van der Waals surface area contributed by atoms with Crippen LogP contribution < -0.4 is 19.7 Å². The molecule has 0 radical (unpaired) electrons. The Bertz CT molecular complexity index is 1380. The lowest BCUT2D eigenvalue weighted by Gasteiger charge is -2.27. The Kier molecular flexibility index (Phi) is 6.22. The maximum Gasteiger partial charge on any atom is 0.242 e. The van der Waals surface area contributed by atoms with Gasteiger partial charge in [-0.15, -0.1) is 0 Å². The van der Waals surface area contributed by atoms with E-state index >= 15 is 0 Å². The Morgan fingerprint density at radius 2 is 1.97 bits per heavy atom. The second kappa shape index (κ2) is 9.33. The largest absolute Gasteiger partial charge is 0.486 e. The molecule has 0 spiro atoms. The summed E-state index contributed by atoms with van der Waals surface area (Å²) >= 11 is 0. The van der Waals surface area contributed by atoms with E-state index in [0.717, 1.165) is 29.0 Å². The summed E-state index contributed by atoms with van der Waals surface area (Å²) in [6, 6.07) is 12.0. The molecule has 1 aromatic heterocycles. The number of aromatic nitrogens is 2. The first-order chi connectivity index (χ1) is 16.8. The Labute approximate surface area is 204 Å². The third kappa shape index (κ3) is 4.88. The molecule has 3 heterocycles. The van der Waals surface area contributed by atoms with Crippen LogP contribution >= 0.6 is 0 Å². The van der Waals surface area contributed by atoms with Crippen molar-refractivity contribution in [3.63, 3.8) is 0 Å². The molecule has 2 atom stereocenters. The Balaban J connectivity index is 1.26. The Hall–Kier alpha value is -3.40. The summed E-state index contributed by atoms with van der Waals surface area (Å²) in [5.74, 6) is 1.83. The van der Waals surface area contributed by atoms with Gasteiger partial charge in [0.05, 0.1) is 16.1 Å². The Morgan fingerprint density at radius 3 is 2.77 bits per heavy atom. The third-order valence-electron chi connectivity index (χ3n) is 6.42. The molecule has 184 valence electrons. The maximum absolute atomic E-state index is 13.0. The first-order valence-corrected chi connectivity index (χ1v) is 13.6. The number of rotatable bonds is 6. The van der Waals surface area contributed by atoms with Crippen LogP contribution in [0.5, 0.6) is 11.5 Å². The number of nitrogens with zero attached hydrogens (tertiary/aromatic N) is 3. The van der Waals surface area contributed by atoms with Crippen molar-refractivity contribution in [1.29, 1.82) is 0 Å². The monoisotopic (exact) mass is 496 g/mol. The molecule has 1 fully saturated rings. The minimum Gasteiger partial charge on any atom is -0.486 e. The highest BCUT2D eigenvalue weighted by atomic mass is 32.2. The van der Waals surface area contributed by atoms with E-state index in [-0.39, 0.29) is 22.9 Å². The minimum absolute atomic E-state index is 0.0779. The summed E-state index contributed by atoms with van der Waals surface area (Å²) in [4.78, 5) is 24.4. The number of hydrogen-bond donors (Lipinski definition) is 1. The van der Waals surface area contributed by atoms with E-state index in [1.165, 1.54) is 6.26 Å². The first kappa shape index (κ1) is 23.3. The zero-order chi connectivity index (χ0) is 24.6. The van der Waals surface area contributed by atoms with E-state index in [1.807, 2.05) is 36.1 Å². The first-order valence-electron chi connectivity index (χ1n) is 11.7. The van der Waals surface area contributed by atoms with Crippen molar-refractivity contribution >= 4 is 32.6 Å². The molecule has 2 unspecified atom stereocenters. The van der Waals surface area contributed by atoms with Gasteiger partial charge in [-0.3, -0.25) is 4.79 Å². The molecule has 5 rings (SSSR count). The summed E-state index contributed by atoms with van der Waals surface area (Å²) in [5.41, 5.74) is 1.29. The van der Waals surface area contributed by atoms with E-state index in [0.29, 0.717) is 44.0 Å². The zero-order valence-corrected chi connectivity index (χ0v) is 20.5. The molecule has 3 aromatic rings. The van der Waals surface area contributed by atoms with Gasteiger partial charge in [0, 0.05) is 31.2 Å². The lowest BCUT2D eigenvalue weighted by atomic mass is 10.2. The number of hydrogen-bond acceptors (Lipinski definition) is 8. The fourth-order valence-corrected chi connectivity index (χ4v) is 5.21. The summed E-state index contributed by atoms with van der Waals surface area (Å²) in [5, 5.41) is 3.81. The van der Waals surface area contributed by atoms with Crippen molar-refractivity contribution in [1.82, 2.24) is 15.3 Å². The Morgan fingerprint density at radius 1 is 1.17 bits per heavy atom. The number of nitrogens with one attached hydrogen (secondary N) is 1. The number of carbonyl (C=O) groups is 1. The lowest BCUT2D eigenvalue weighted by molar-refractivity contribution is -0.122. The van der Waals surface area contributed by atoms with Crippen LogP contribution in [0.25, 0.3) is 10.9 Å². The number of aryl methyl sites for hydroxylation is 1. The average molecular weight is 497 g/mol. The van der Waals surface area contributed by atoms with E-state index in [1.54, 1.807) is 18.2 Å². The quantitative estimate of drug-likeness (QED) is 0.555. The topological polar surface area (TPSA) is 111 Å². The van der Waals surface area contributed by atoms with E-state index in [9.17, 15) is 13.2 Å². The van der Waals surface area contributed by atoms with Crippen LogP contribution in [0.4, 0.5) is 5.95 Å². The maximum atomic E-state index is 13.0. The van der Waals surface area contributed by atoms with Crippen molar-refractivity contribution in [2.24, 2.45) is 0 Å². The second-order valence-electron chi connectivity index (χ2n) is 8.99. The van der Waals surface area contributed by atoms with Gasteiger partial charge >= 0.3 is 0 Å². The zero-order valence-electron chi connectivity index (χ0n) is 19.7. The fourth-order valence-electron chi connectivity index (χ4n) is 4.57. The van der Waals surface area contributed by atoms with E-state index in [4.69, 9.17) is 9.47 Å². The van der Waals surface area contributed by atoms with Crippen LogP contribution in [0.15, 0.2) is 47.4 Å². The van der Waals surface area contributed by atoms with Gasteiger partial charge in [-0.2, -0.15) is 0 Å². The number of fused-ring (bicyclic) bond motifs is 2. The predicted octanol–water partition coefficient (Wildman–Crippen LogP) is 2.66. The molecule has 2 aliphatic heterocycles. The molecule has 0 saturated carbocycles. The van der Waals surface area contributed by atoms with Gasteiger partial charge < -0.3 is 19.7 Å². The normalized spacial score (nSPS) is 19.7. The molecule has 2 aromatic carbocycles. The predicted molar refractivity (Wildman–Crippen MR) is 132 cm³/mol. The van der Waals surface area contributed by atoms with Crippen LogP contribution in [0.2, 0.25) is 0 Å². The smallest absolute Gasteiger partial charge is 0.242 e.